The summed E-state index contributed by atoms with van der Waals surface area (Å²) in [6.45, 7) is 9.92. The maximum absolute atomic E-state index is 12.6. The number of nitrogens with zero attached hydrogens (tertiary/aromatic N) is 3. The lowest BCUT2D eigenvalue weighted by atomic mass is 10.1. The van der Waals surface area contributed by atoms with Gasteiger partial charge in [0, 0.05) is 25.2 Å². The van der Waals surface area contributed by atoms with Crippen LogP contribution in [-0.4, -0.2) is 45.6 Å². The molecule has 2 rings (SSSR count). The van der Waals surface area contributed by atoms with E-state index in [0.717, 1.165) is 18.8 Å². The molecule has 0 aliphatic carbocycles. The van der Waals surface area contributed by atoms with E-state index in [2.05, 4.69) is 28.8 Å². The molecule has 0 bridgehead atoms. The fraction of sp³-hybridized carbons (Fsp3) is 0.750. The predicted molar refractivity (Wildman–Crippen MR) is 72.0 cm³/mol. The van der Waals surface area contributed by atoms with Crippen molar-refractivity contribution in [3.8, 4) is 0 Å². The fourth-order valence-corrected chi connectivity index (χ4v) is 3.14. The quantitative estimate of drug-likeness (QED) is 0.883. The van der Waals surface area contributed by atoms with Gasteiger partial charge in [-0.25, -0.2) is 0 Å². The number of aromatic nitrogens is 2. The predicted octanol–water partition coefficient (Wildman–Crippen LogP) is 1.48. The maximum Gasteiger partial charge on any atom is 0.268 e. The molecule has 100 valence electrons. The van der Waals surface area contributed by atoms with Crippen LogP contribution in [0.4, 0.5) is 0 Å². The molecule has 0 radical (unpaired) electrons. The second-order valence-corrected chi connectivity index (χ2v) is 5.96. The van der Waals surface area contributed by atoms with E-state index in [1.165, 1.54) is 11.5 Å². The summed E-state index contributed by atoms with van der Waals surface area (Å²) in [5, 5.41) is 7.42. The zero-order valence-electron chi connectivity index (χ0n) is 11.3. The van der Waals surface area contributed by atoms with Gasteiger partial charge in [-0.05, 0) is 31.3 Å². The number of nitrogens with one attached hydrogen (secondary N) is 1. The summed E-state index contributed by atoms with van der Waals surface area (Å²) in [5.41, 5.74) is 0.822. The number of amides is 1. The van der Waals surface area contributed by atoms with E-state index in [1.54, 1.807) is 0 Å². The molecular weight excluding hydrogens is 248 g/mol. The van der Waals surface area contributed by atoms with Crippen molar-refractivity contribution in [2.45, 2.75) is 45.7 Å². The highest BCUT2D eigenvalue weighted by atomic mass is 32.1. The van der Waals surface area contributed by atoms with Gasteiger partial charge in [0.25, 0.3) is 5.91 Å². The van der Waals surface area contributed by atoms with Crippen molar-refractivity contribution in [1.82, 2.24) is 19.8 Å². The second-order valence-electron chi connectivity index (χ2n) is 5.21. The number of carbonyl (C=O) groups excluding carboxylic acids is 1. The van der Waals surface area contributed by atoms with Crippen LogP contribution < -0.4 is 5.32 Å². The van der Waals surface area contributed by atoms with Gasteiger partial charge in [0.1, 0.15) is 4.88 Å². The molecule has 0 saturated carbocycles. The molecule has 1 aromatic heterocycles. The van der Waals surface area contributed by atoms with Crippen molar-refractivity contribution in [1.29, 1.82) is 0 Å². The fourth-order valence-electron chi connectivity index (χ4n) is 2.37. The average molecular weight is 268 g/mol. The number of rotatable bonds is 2. The van der Waals surface area contributed by atoms with Gasteiger partial charge >= 0.3 is 0 Å². The van der Waals surface area contributed by atoms with Crippen LogP contribution in [0.1, 0.15) is 49.0 Å². The zero-order chi connectivity index (χ0) is 13.3. The smallest absolute Gasteiger partial charge is 0.268 e. The van der Waals surface area contributed by atoms with Gasteiger partial charge in [-0.15, -0.1) is 5.10 Å². The van der Waals surface area contributed by atoms with Crippen LogP contribution in [-0.2, 0) is 0 Å². The Morgan fingerprint density at radius 1 is 1.39 bits per heavy atom. The molecule has 0 aromatic carbocycles. The van der Waals surface area contributed by atoms with Crippen molar-refractivity contribution in [2.75, 3.05) is 13.1 Å². The molecule has 1 saturated heterocycles. The number of hydrogen-bond acceptors (Lipinski definition) is 5. The number of hydrogen-bond donors (Lipinski definition) is 1. The van der Waals surface area contributed by atoms with E-state index in [4.69, 9.17) is 0 Å². The van der Waals surface area contributed by atoms with E-state index >= 15 is 0 Å². The van der Waals surface area contributed by atoms with Crippen LogP contribution >= 0.6 is 11.5 Å². The lowest BCUT2D eigenvalue weighted by molar-refractivity contribution is 0.0548. The van der Waals surface area contributed by atoms with Crippen LogP contribution in [0.5, 0.6) is 0 Å². The van der Waals surface area contributed by atoms with Gasteiger partial charge < -0.3 is 10.2 Å². The molecule has 1 amide bonds. The molecule has 1 fully saturated rings. The van der Waals surface area contributed by atoms with Gasteiger partial charge in [-0.2, -0.15) is 0 Å². The molecule has 1 aromatic rings. The first-order valence-electron chi connectivity index (χ1n) is 6.38. The van der Waals surface area contributed by atoms with Crippen molar-refractivity contribution in [2.24, 2.45) is 0 Å². The Hall–Kier alpha value is -1.01. The van der Waals surface area contributed by atoms with Gasteiger partial charge in [-0.1, -0.05) is 18.3 Å². The van der Waals surface area contributed by atoms with Gasteiger partial charge in [0.15, 0.2) is 0 Å². The normalized spacial score (nSPS) is 24.6. The molecule has 2 heterocycles. The Morgan fingerprint density at radius 3 is 2.56 bits per heavy atom. The molecule has 6 heteroatoms. The highest BCUT2D eigenvalue weighted by Crippen LogP contribution is 2.24. The monoisotopic (exact) mass is 268 g/mol. The SMILES string of the molecule is CC(C)c1nnsc1C(=O)N1C(C)CNCC1C. The van der Waals surface area contributed by atoms with Crippen LogP contribution in [0.2, 0.25) is 0 Å². The Kier molecular flexibility index (Phi) is 3.97. The number of piperazine rings is 1. The van der Waals surface area contributed by atoms with Crippen LogP contribution in [0.3, 0.4) is 0 Å². The minimum atomic E-state index is 0.0789. The van der Waals surface area contributed by atoms with Gasteiger partial charge in [-0.3, -0.25) is 4.79 Å². The molecule has 2 atom stereocenters. The van der Waals surface area contributed by atoms with Gasteiger partial charge in [0.05, 0.1) is 5.69 Å². The first-order valence-corrected chi connectivity index (χ1v) is 7.15. The molecule has 1 N–H and O–H groups in total. The van der Waals surface area contributed by atoms with Gasteiger partial charge in [0.2, 0.25) is 0 Å². The molecule has 5 nitrogen and oxygen atoms in total. The summed E-state index contributed by atoms with van der Waals surface area (Å²) < 4.78 is 3.94. The van der Waals surface area contributed by atoms with Crippen LogP contribution in [0.25, 0.3) is 0 Å². The molecule has 1 aliphatic rings. The van der Waals surface area contributed by atoms with E-state index in [9.17, 15) is 4.79 Å². The summed E-state index contributed by atoms with van der Waals surface area (Å²) in [6, 6.07) is 0.423. The summed E-state index contributed by atoms with van der Waals surface area (Å²) in [4.78, 5) is 15.3. The Morgan fingerprint density at radius 2 is 2.00 bits per heavy atom. The molecule has 18 heavy (non-hydrogen) atoms. The third kappa shape index (κ3) is 2.40. The van der Waals surface area contributed by atoms with Crippen molar-refractivity contribution in [3.63, 3.8) is 0 Å². The Labute approximate surface area is 112 Å². The van der Waals surface area contributed by atoms with Crippen molar-refractivity contribution >= 4 is 17.4 Å². The largest absolute Gasteiger partial charge is 0.330 e. The molecular formula is C12H20N4OS. The average Bonchev–Trinajstić information content (AvgIpc) is 2.77. The van der Waals surface area contributed by atoms with E-state index < -0.39 is 0 Å². The van der Waals surface area contributed by atoms with Crippen LogP contribution in [0.15, 0.2) is 0 Å². The summed E-state index contributed by atoms with van der Waals surface area (Å²) >= 11 is 1.21. The molecule has 2 unspecified atom stereocenters. The second kappa shape index (κ2) is 5.32. The van der Waals surface area contributed by atoms with Crippen molar-refractivity contribution < 1.29 is 4.79 Å². The van der Waals surface area contributed by atoms with E-state index in [0.29, 0.717) is 4.88 Å². The molecule has 0 spiro atoms. The first kappa shape index (κ1) is 13.4. The maximum atomic E-state index is 12.6. The topological polar surface area (TPSA) is 58.1 Å². The highest BCUT2D eigenvalue weighted by Gasteiger charge is 2.32. The zero-order valence-corrected chi connectivity index (χ0v) is 12.1. The highest BCUT2D eigenvalue weighted by molar-refractivity contribution is 7.08. The molecule has 1 aliphatic heterocycles. The van der Waals surface area contributed by atoms with Crippen LogP contribution in [0, 0.1) is 0 Å². The Bertz CT molecular complexity index is 421. The number of carbonyl (C=O) groups is 1. The Balaban J connectivity index is 2.27. The minimum absolute atomic E-state index is 0.0789. The lowest BCUT2D eigenvalue weighted by Crippen LogP contribution is -2.57. The van der Waals surface area contributed by atoms with Crippen molar-refractivity contribution in [3.05, 3.63) is 10.6 Å². The van der Waals surface area contributed by atoms with E-state index in [1.807, 2.05) is 18.7 Å². The van der Waals surface area contributed by atoms with E-state index in [-0.39, 0.29) is 23.9 Å². The first-order chi connectivity index (χ1) is 8.52. The summed E-state index contributed by atoms with van der Waals surface area (Å²) in [6.07, 6.45) is 0. The third-order valence-electron chi connectivity index (χ3n) is 3.32. The third-order valence-corrected chi connectivity index (χ3v) is 4.05. The standard InChI is InChI=1S/C12H20N4OS/c1-7(2)10-11(18-15-14-10)12(17)16-8(3)5-13-6-9(16)4/h7-9,13H,5-6H2,1-4H3. The lowest BCUT2D eigenvalue weighted by Gasteiger charge is -2.39. The minimum Gasteiger partial charge on any atom is -0.330 e. The summed E-state index contributed by atoms with van der Waals surface area (Å²) in [7, 11) is 0. The summed E-state index contributed by atoms with van der Waals surface area (Å²) in [5.74, 6) is 0.312.